The highest BCUT2D eigenvalue weighted by Gasteiger charge is 2.30. The maximum atomic E-state index is 11.3. The number of Topliss-reactive ketones (excluding diaryl/α,β-unsaturated/α-hetero) is 1. The molecule has 0 heterocycles. The molecule has 0 bridgehead atoms. The van der Waals surface area contributed by atoms with E-state index in [4.69, 9.17) is 0 Å². The van der Waals surface area contributed by atoms with Gasteiger partial charge in [-0.3, -0.25) is 4.79 Å². The zero-order valence-corrected chi connectivity index (χ0v) is 20.0. The highest BCUT2D eigenvalue weighted by Crippen LogP contribution is 2.42. The van der Waals surface area contributed by atoms with Gasteiger partial charge < -0.3 is 0 Å². The number of carbonyl (C=O) groups excluding carboxylic acids is 1. The largest absolute Gasteiger partial charge is 0.294 e. The molecular weight excluding hydrogens is 364 g/mol. The molecule has 0 spiro atoms. The Morgan fingerprint density at radius 3 is 1.90 bits per heavy atom. The van der Waals surface area contributed by atoms with E-state index in [2.05, 4.69) is 72.7 Å². The van der Waals surface area contributed by atoms with Crippen molar-refractivity contribution in [2.24, 2.45) is 10.8 Å². The van der Waals surface area contributed by atoms with Gasteiger partial charge in [0.15, 0.2) is 5.78 Å². The van der Waals surface area contributed by atoms with Gasteiger partial charge >= 0.3 is 0 Å². The molecule has 30 heavy (non-hydrogen) atoms. The van der Waals surface area contributed by atoms with Crippen LogP contribution in [0, 0.1) is 17.8 Å². The Bertz CT molecular complexity index is 960. The SMILES string of the molecule is CC(=O)c1cccc2ccccc12.Cc1ccc(C(CC(C)(C)C)C(C)(C)C)cc1. The van der Waals surface area contributed by atoms with Crippen molar-refractivity contribution in [1.82, 2.24) is 0 Å². The third-order valence-electron chi connectivity index (χ3n) is 5.51. The fourth-order valence-corrected chi connectivity index (χ4v) is 3.87. The Balaban J connectivity index is 0.000000220. The van der Waals surface area contributed by atoms with E-state index in [0.29, 0.717) is 16.7 Å². The van der Waals surface area contributed by atoms with Gasteiger partial charge in [0.25, 0.3) is 0 Å². The Morgan fingerprint density at radius 1 is 0.800 bits per heavy atom. The molecule has 160 valence electrons. The van der Waals surface area contributed by atoms with Crippen molar-refractivity contribution in [3.05, 3.63) is 83.4 Å². The smallest absolute Gasteiger partial charge is 0.160 e. The highest BCUT2D eigenvalue weighted by atomic mass is 16.1. The van der Waals surface area contributed by atoms with Crippen LogP contribution in [0.5, 0.6) is 0 Å². The van der Waals surface area contributed by atoms with E-state index >= 15 is 0 Å². The molecule has 0 aliphatic carbocycles. The van der Waals surface area contributed by atoms with Crippen molar-refractivity contribution in [2.75, 3.05) is 0 Å². The predicted molar refractivity (Wildman–Crippen MR) is 131 cm³/mol. The molecule has 0 aromatic heterocycles. The first-order chi connectivity index (χ1) is 13.9. The molecule has 1 atom stereocenters. The first-order valence-corrected chi connectivity index (χ1v) is 10.9. The lowest BCUT2D eigenvalue weighted by molar-refractivity contribution is 0.101. The number of aryl methyl sites for hydroxylation is 1. The minimum absolute atomic E-state index is 0.122. The molecule has 3 aromatic carbocycles. The van der Waals surface area contributed by atoms with E-state index in [1.54, 1.807) is 6.92 Å². The average Bonchev–Trinajstić information content (AvgIpc) is 2.65. The van der Waals surface area contributed by atoms with Crippen LogP contribution in [-0.4, -0.2) is 5.78 Å². The number of hydrogen-bond donors (Lipinski definition) is 0. The Hall–Kier alpha value is -2.41. The number of ketones is 1. The van der Waals surface area contributed by atoms with Crippen molar-refractivity contribution in [2.45, 2.75) is 67.7 Å². The topological polar surface area (TPSA) is 17.1 Å². The lowest BCUT2D eigenvalue weighted by Gasteiger charge is -2.36. The summed E-state index contributed by atoms with van der Waals surface area (Å²) in [6.07, 6.45) is 1.24. The quantitative estimate of drug-likeness (QED) is 0.401. The molecule has 0 aliphatic heterocycles. The van der Waals surface area contributed by atoms with Gasteiger partial charge in [0.1, 0.15) is 0 Å². The van der Waals surface area contributed by atoms with Crippen LogP contribution in [0.4, 0.5) is 0 Å². The summed E-state index contributed by atoms with van der Waals surface area (Å²) < 4.78 is 0. The molecule has 0 fully saturated rings. The summed E-state index contributed by atoms with van der Waals surface area (Å²) in [6.45, 7) is 17.8. The predicted octanol–water partition coefficient (Wildman–Crippen LogP) is 8.60. The second-order valence-corrected chi connectivity index (χ2v) is 10.7. The molecule has 0 saturated carbocycles. The average molecular weight is 403 g/mol. The van der Waals surface area contributed by atoms with Crippen LogP contribution in [0.2, 0.25) is 0 Å². The van der Waals surface area contributed by atoms with Crippen molar-refractivity contribution >= 4 is 16.6 Å². The van der Waals surface area contributed by atoms with E-state index in [9.17, 15) is 4.79 Å². The minimum atomic E-state index is 0.122. The molecule has 3 rings (SSSR count). The second-order valence-electron chi connectivity index (χ2n) is 10.7. The van der Waals surface area contributed by atoms with Crippen molar-refractivity contribution in [3.8, 4) is 0 Å². The molecule has 1 nitrogen and oxygen atoms in total. The summed E-state index contributed by atoms with van der Waals surface area (Å²) in [5.41, 5.74) is 4.33. The van der Waals surface area contributed by atoms with Gasteiger partial charge in [-0.2, -0.15) is 0 Å². The van der Waals surface area contributed by atoms with Crippen molar-refractivity contribution in [3.63, 3.8) is 0 Å². The molecule has 0 radical (unpaired) electrons. The van der Waals surface area contributed by atoms with Crippen LogP contribution in [0.3, 0.4) is 0 Å². The van der Waals surface area contributed by atoms with Gasteiger partial charge in [-0.05, 0) is 53.4 Å². The summed E-state index contributed by atoms with van der Waals surface area (Å²) in [6, 6.07) is 22.8. The number of hydrogen-bond acceptors (Lipinski definition) is 1. The summed E-state index contributed by atoms with van der Waals surface area (Å²) in [7, 11) is 0. The van der Waals surface area contributed by atoms with E-state index < -0.39 is 0 Å². The number of rotatable bonds is 3. The second kappa shape index (κ2) is 9.60. The number of benzene rings is 3. The minimum Gasteiger partial charge on any atom is -0.294 e. The van der Waals surface area contributed by atoms with Crippen molar-refractivity contribution in [1.29, 1.82) is 0 Å². The van der Waals surface area contributed by atoms with Gasteiger partial charge in [-0.15, -0.1) is 0 Å². The van der Waals surface area contributed by atoms with Crippen LogP contribution in [-0.2, 0) is 0 Å². The van der Waals surface area contributed by atoms with Crippen LogP contribution in [0.25, 0.3) is 10.8 Å². The van der Waals surface area contributed by atoms with E-state index in [1.807, 2.05) is 42.5 Å². The summed E-state index contributed by atoms with van der Waals surface area (Å²) in [4.78, 5) is 11.3. The standard InChI is InChI=1S/C17H28.C12H10O/c1-13-8-10-14(11-9-13)15(17(5,6)7)12-16(2,3)4;1-9(13)11-8-4-6-10-5-2-3-7-12(10)11/h8-11,15H,12H2,1-7H3;2-8H,1H3. The molecule has 3 aromatic rings. The molecule has 1 unspecified atom stereocenters. The fourth-order valence-electron chi connectivity index (χ4n) is 3.87. The van der Waals surface area contributed by atoms with Crippen LogP contribution >= 0.6 is 0 Å². The fraction of sp³-hybridized carbons (Fsp3) is 0.414. The van der Waals surface area contributed by atoms with E-state index in [0.717, 1.165) is 16.3 Å². The molecular formula is C29H38O. The van der Waals surface area contributed by atoms with Crippen molar-refractivity contribution < 1.29 is 4.79 Å². The zero-order valence-electron chi connectivity index (χ0n) is 20.0. The first kappa shape index (κ1) is 23.9. The highest BCUT2D eigenvalue weighted by molar-refractivity contribution is 6.06. The monoisotopic (exact) mass is 402 g/mol. The third-order valence-corrected chi connectivity index (χ3v) is 5.51. The molecule has 0 saturated heterocycles. The Morgan fingerprint density at radius 2 is 1.37 bits per heavy atom. The molecule has 0 N–H and O–H groups in total. The summed E-state index contributed by atoms with van der Waals surface area (Å²) >= 11 is 0. The van der Waals surface area contributed by atoms with Crippen LogP contribution in [0.1, 0.15) is 82.3 Å². The van der Waals surface area contributed by atoms with Gasteiger partial charge in [0.2, 0.25) is 0 Å². The third kappa shape index (κ3) is 6.83. The normalized spacial score (nSPS) is 12.8. The van der Waals surface area contributed by atoms with Gasteiger partial charge in [0, 0.05) is 5.56 Å². The Labute approximate surface area is 183 Å². The maximum absolute atomic E-state index is 11.3. The number of carbonyl (C=O) groups is 1. The maximum Gasteiger partial charge on any atom is 0.160 e. The van der Waals surface area contributed by atoms with E-state index in [-0.39, 0.29) is 5.78 Å². The first-order valence-electron chi connectivity index (χ1n) is 10.9. The lowest BCUT2D eigenvalue weighted by atomic mass is 9.69. The van der Waals surface area contributed by atoms with Gasteiger partial charge in [-0.25, -0.2) is 0 Å². The van der Waals surface area contributed by atoms with Gasteiger partial charge in [-0.1, -0.05) is 114 Å². The molecule has 1 heteroatoms. The Kier molecular flexibility index (Phi) is 7.64. The lowest BCUT2D eigenvalue weighted by Crippen LogP contribution is -2.23. The molecule has 0 amide bonds. The summed E-state index contributed by atoms with van der Waals surface area (Å²) in [5, 5.41) is 2.16. The van der Waals surface area contributed by atoms with Gasteiger partial charge in [0.05, 0.1) is 0 Å². The van der Waals surface area contributed by atoms with Crippen LogP contribution < -0.4 is 0 Å². The zero-order chi connectivity index (χ0) is 22.5. The number of fused-ring (bicyclic) bond motifs is 1. The van der Waals surface area contributed by atoms with E-state index in [1.165, 1.54) is 17.5 Å². The summed E-state index contributed by atoms with van der Waals surface area (Å²) in [5.74, 6) is 0.750. The van der Waals surface area contributed by atoms with Crippen LogP contribution in [0.15, 0.2) is 66.7 Å². The molecule has 0 aliphatic rings.